The third-order valence-corrected chi connectivity index (χ3v) is 1.90. The van der Waals surface area contributed by atoms with Crippen LogP contribution in [-0.4, -0.2) is 73.7 Å². The summed E-state index contributed by atoms with van der Waals surface area (Å²) in [4.78, 5) is 10.4. The number of hydrogen-bond donors (Lipinski definition) is 7. The van der Waals surface area contributed by atoms with Crippen LogP contribution < -0.4 is 5.73 Å². The summed E-state index contributed by atoms with van der Waals surface area (Å²) in [5, 5.41) is 53.6. The fraction of sp³-hybridized carbons (Fsp3) is 0.857. The Morgan fingerprint density at radius 2 is 1.47 bits per heavy atom. The van der Waals surface area contributed by atoms with Crippen molar-refractivity contribution in [1.29, 1.82) is 0 Å². The molecule has 0 aromatic heterocycles. The van der Waals surface area contributed by atoms with Crippen LogP contribution in [0, 0.1) is 0 Å². The largest absolute Gasteiger partial charge is 0.394 e. The van der Waals surface area contributed by atoms with Crippen molar-refractivity contribution in [2.45, 2.75) is 30.5 Å². The van der Waals surface area contributed by atoms with Gasteiger partial charge in [-0.05, 0) is 0 Å². The lowest BCUT2D eigenvalue weighted by atomic mass is 9.99. The highest BCUT2D eigenvalue weighted by Gasteiger charge is 2.36. The lowest BCUT2D eigenvalue weighted by Gasteiger charge is -2.27. The van der Waals surface area contributed by atoms with Gasteiger partial charge in [-0.2, -0.15) is 0 Å². The molecule has 90 valence electrons. The number of aliphatic hydroxyl groups is 6. The van der Waals surface area contributed by atoms with E-state index in [1.807, 2.05) is 0 Å². The fourth-order valence-corrected chi connectivity index (χ4v) is 0.893. The minimum atomic E-state index is -2.07. The second-order valence-electron chi connectivity index (χ2n) is 3.07. The van der Waals surface area contributed by atoms with Crippen LogP contribution in [0.2, 0.25) is 0 Å². The number of primary amides is 1. The molecule has 0 radical (unpaired) electrons. The molecule has 0 saturated heterocycles. The van der Waals surface area contributed by atoms with Crippen LogP contribution in [0.4, 0.5) is 0 Å². The Morgan fingerprint density at radius 1 is 1.00 bits per heavy atom. The van der Waals surface area contributed by atoms with Gasteiger partial charge in [0.05, 0.1) is 6.61 Å². The molecule has 15 heavy (non-hydrogen) atoms. The molecule has 5 atom stereocenters. The fourth-order valence-electron chi connectivity index (χ4n) is 0.893. The second kappa shape index (κ2) is 5.95. The summed E-state index contributed by atoms with van der Waals surface area (Å²) in [5.41, 5.74) is 4.63. The Morgan fingerprint density at radius 3 is 1.80 bits per heavy atom. The maximum absolute atomic E-state index is 10.4. The molecule has 0 aliphatic rings. The third kappa shape index (κ3) is 3.70. The maximum Gasteiger partial charge on any atom is 0.249 e. The normalized spacial score (nSPS) is 21.5. The molecule has 8 heteroatoms. The SMILES string of the molecule is NC(=O)[C@H](O)[C@@H](O)[C@@H](O)[C@H](O)[C@H](O)CO. The van der Waals surface area contributed by atoms with E-state index in [2.05, 4.69) is 5.73 Å². The first-order valence-electron chi connectivity index (χ1n) is 4.13. The van der Waals surface area contributed by atoms with E-state index < -0.39 is 43.0 Å². The molecule has 0 aliphatic carbocycles. The van der Waals surface area contributed by atoms with Gasteiger partial charge in [-0.1, -0.05) is 0 Å². The van der Waals surface area contributed by atoms with Gasteiger partial charge in [-0.25, -0.2) is 0 Å². The summed E-state index contributed by atoms with van der Waals surface area (Å²) < 4.78 is 0. The Hall–Kier alpha value is -0.770. The first-order chi connectivity index (χ1) is 6.82. The van der Waals surface area contributed by atoms with Crippen LogP contribution in [0.25, 0.3) is 0 Å². The van der Waals surface area contributed by atoms with Gasteiger partial charge < -0.3 is 36.4 Å². The molecule has 0 unspecified atom stereocenters. The van der Waals surface area contributed by atoms with Gasteiger partial charge in [0.15, 0.2) is 6.10 Å². The lowest BCUT2D eigenvalue weighted by Crippen LogP contribution is -2.53. The van der Waals surface area contributed by atoms with E-state index in [0.29, 0.717) is 0 Å². The van der Waals surface area contributed by atoms with Crippen LogP contribution >= 0.6 is 0 Å². The zero-order valence-corrected chi connectivity index (χ0v) is 7.76. The highest BCUT2D eigenvalue weighted by molar-refractivity contribution is 5.79. The average molecular weight is 225 g/mol. The Kier molecular flexibility index (Phi) is 5.65. The molecule has 8 N–H and O–H groups in total. The maximum atomic E-state index is 10.4. The van der Waals surface area contributed by atoms with Crippen molar-refractivity contribution in [2.75, 3.05) is 6.61 Å². The summed E-state index contributed by atoms with van der Waals surface area (Å²) in [6, 6.07) is 0. The topological polar surface area (TPSA) is 164 Å². The molecule has 0 rings (SSSR count). The summed E-state index contributed by atoms with van der Waals surface area (Å²) in [6.45, 7) is -0.850. The first kappa shape index (κ1) is 14.2. The Balaban J connectivity index is 4.42. The third-order valence-electron chi connectivity index (χ3n) is 1.90. The molecule has 0 spiro atoms. The Labute approximate surface area is 85.2 Å². The molecule has 0 aromatic rings. The molecule has 0 heterocycles. The Bertz CT molecular complexity index is 212. The number of carbonyl (C=O) groups is 1. The number of aliphatic hydroxyl groups excluding tert-OH is 6. The van der Waals surface area contributed by atoms with Crippen molar-refractivity contribution < 1.29 is 35.4 Å². The van der Waals surface area contributed by atoms with Gasteiger partial charge in [0, 0.05) is 0 Å². The van der Waals surface area contributed by atoms with Gasteiger partial charge in [0.25, 0.3) is 0 Å². The molecule has 0 fully saturated rings. The highest BCUT2D eigenvalue weighted by Crippen LogP contribution is 2.08. The van der Waals surface area contributed by atoms with Crippen molar-refractivity contribution in [3.05, 3.63) is 0 Å². The molecular formula is C7H15NO7. The van der Waals surface area contributed by atoms with Crippen molar-refractivity contribution >= 4 is 5.91 Å². The van der Waals surface area contributed by atoms with Gasteiger partial charge in [-0.3, -0.25) is 4.79 Å². The molecule has 0 saturated carbocycles. The lowest BCUT2D eigenvalue weighted by molar-refractivity contribution is -0.154. The average Bonchev–Trinajstić information content (AvgIpc) is 2.23. The zero-order valence-electron chi connectivity index (χ0n) is 7.76. The summed E-state index contributed by atoms with van der Waals surface area (Å²) in [5.74, 6) is -1.28. The van der Waals surface area contributed by atoms with E-state index in [-0.39, 0.29) is 0 Å². The van der Waals surface area contributed by atoms with Crippen molar-refractivity contribution in [2.24, 2.45) is 5.73 Å². The molecule has 0 bridgehead atoms. The summed E-state index contributed by atoms with van der Waals surface area (Å²) in [6.07, 6.45) is -9.72. The van der Waals surface area contributed by atoms with E-state index in [9.17, 15) is 4.79 Å². The number of amides is 1. The monoisotopic (exact) mass is 225 g/mol. The number of rotatable bonds is 6. The van der Waals surface area contributed by atoms with Crippen molar-refractivity contribution in [1.82, 2.24) is 0 Å². The summed E-state index contributed by atoms with van der Waals surface area (Å²) >= 11 is 0. The predicted molar refractivity (Wildman–Crippen MR) is 46.3 cm³/mol. The van der Waals surface area contributed by atoms with Crippen LogP contribution in [0.15, 0.2) is 0 Å². The van der Waals surface area contributed by atoms with Gasteiger partial charge in [0.2, 0.25) is 5.91 Å². The van der Waals surface area contributed by atoms with Gasteiger partial charge >= 0.3 is 0 Å². The standard InChI is InChI=1S/C7H15NO7/c8-7(15)6(14)5(13)4(12)3(11)2(10)1-9/h2-6,9-14H,1H2,(H2,8,15)/t2-,3-,4+,5+,6-/m1/s1. The number of hydrogen-bond acceptors (Lipinski definition) is 7. The van der Waals surface area contributed by atoms with Crippen molar-refractivity contribution in [3.63, 3.8) is 0 Å². The quantitative estimate of drug-likeness (QED) is 0.238. The van der Waals surface area contributed by atoms with Gasteiger partial charge in [0.1, 0.15) is 24.4 Å². The van der Waals surface area contributed by atoms with Crippen LogP contribution in [0.3, 0.4) is 0 Å². The second-order valence-corrected chi connectivity index (χ2v) is 3.07. The predicted octanol–water partition coefficient (Wildman–Crippen LogP) is -4.73. The van der Waals surface area contributed by atoms with Crippen LogP contribution in [-0.2, 0) is 4.79 Å². The smallest absolute Gasteiger partial charge is 0.249 e. The number of nitrogens with two attached hydrogens (primary N) is 1. The van der Waals surface area contributed by atoms with Crippen LogP contribution in [0.5, 0.6) is 0 Å². The number of carbonyl (C=O) groups excluding carboxylic acids is 1. The van der Waals surface area contributed by atoms with E-state index >= 15 is 0 Å². The molecule has 1 amide bonds. The van der Waals surface area contributed by atoms with E-state index in [0.717, 1.165) is 0 Å². The molecule has 8 nitrogen and oxygen atoms in total. The first-order valence-corrected chi connectivity index (χ1v) is 4.13. The van der Waals surface area contributed by atoms with Crippen LogP contribution in [0.1, 0.15) is 0 Å². The van der Waals surface area contributed by atoms with E-state index in [1.54, 1.807) is 0 Å². The van der Waals surface area contributed by atoms with E-state index in [4.69, 9.17) is 30.6 Å². The van der Waals surface area contributed by atoms with Crippen molar-refractivity contribution in [3.8, 4) is 0 Å². The molecular weight excluding hydrogens is 210 g/mol. The molecule has 0 aliphatic heterocycles. The molecule has 0 aromatic carbocycles. The highest BCUT2D eigenvalue weighted by atomic mass is 16.4. The van der Waals surface area contributed by atoms with E-state index in [1.165, 1.54) is 0 Å². The minimum absolute atomic E-state index is 0.850. The minimum Gasteiger partial charge on any atom is -0.394 e. The zero-order chi connectivity index (χ0) is 12.2. The van der Waals surface area contributed by atoms with Gasteiger partial charge in [-0.15, -0.1) is 0 Å². The summed E-state index contributed by atoms with van der Waals surface area (Å²) in [7, 11) is 0.